The van der Waals surface area contributed by atoms with Gasteiger partial charge in [0.05, 0.1) is 18.8 Å². The van der Waals surface area contributed by atoms with Crippen LogP contribution >= 0.6 is 0 Å². The van der Waals surface area contributed by atoms with E-state index in [0.717, 1.165) is 83.5 Å². The highest BCUT2D eigenvalue weighted by Crippen LogP contribution is 2.15. The molecule has 0 radical (unpaired) electrons. The Morgan fingerprint density at radius 3 is 1.04 bits per heavy atom. The molecule has 382 valence electrons. The Kier molecular flexibility index (Phi) is 54.4. The van der Waals surface area contributed by atoms with Crippen LogP contribution in [0.2, 0.25) is 0 Å². The predicted octanol–water partition coefficient (Wildman–Crippen LogP) is 18.9. The first-order valence-electron chi connectivity index (χ1n) is 28.2. The van der Waals surface area contributed by atoms with Crippen LogP contribution < -0.4 is 5.32 Å². The number of unbranched alkanes of at least 4 members (excludes halogenated alkanes) is 25. The van der Waals surface area contributed by atoms with Crippen molar-refractivity contribution in [2.24, 2.45) is 0 Å². The molecule has 4 nitrogen and oxygen atoms in total. The van der Waals surface area contributed by atoms with Crippen LogP contribution in [0.1, 0.15) is 251 Å². The molecule has 0 aromatic carbocycles. The summed E-state index contributed by atoms with van der Waals surface area (Å²) in [6, 6.07) is -0.652. The van der Waals surface area contributed by atoms with Crippen LogP contribution in [-0.2, 0) is 4.79 Å². The number of carbonyl (C=O) groups is 1. The van der Waals surface area contributed by atoms with E-state index < -0.39 is 12.1 Å². The molecule has 0 spiro atoms. The van der Waals surface area contributed by atoms with Gasteiger partial charge in [-0.2, -0.15) is 0 Å². The van der Waals surface area contributed by atoms with Gasteiger partial charge in [0.2, 0.25) is 5.91 Å². The first-order valence-corrected chi connectivity index (χ1v) is 28.2. The number of allylic oxidation sites excluding steroid dienone is 19. The number of nitrogens with one attached hydrogen (secondary N) is 1. The Bertz CT molecular complexity index is 1330. The first kappa shape index (κ1) is 63.8. The van der Waals surface area contributed by atoms with Gasteiger partial charge >= 0.3 is 0 Å². The van der Waals surface area contributed by atoms with Crippen LogP contribution in [0.15, 0.2) is 122 Å². The largest absolute Gasteiger partial charge is 0.394 e. The van der Waals surface area contributed by atoms with Crippen molar-refractivity contribution in [2.75, 3.05) is 6.61 Å². The fourth-order valence-corrected chi connectivity index (χ4v) is 7.90. The van der Waals surface area contributed by atoms with E-state index in [2.05, 4.69) is 129 Å². The smallest absolute Gasteiger partial charge is 0.220 e. The predicted molar refractivity (Wildman–Crippen MR) is 299 cm³/mol. The average molecular weight is 927 g/mol. The second-order valence-corrected chi connectivity index (χ2v) is 18.6. The molecule has 0 aliphatic heterocycles. The topological polar surface area (TPSA) is 69.6 Å². The minimum absolute atomic E-state index is 0.0816. The second kappa shape index (κ2) is 57.1. The fourth-order valence-electron chi connectivity index (χ4n) is 7.90. The average Bonchev–Trinajstić information content (AvgIpc) is 3.33. The monoisotopic (exact) mass is 926 g/mol. The molecule has 0 aromatic rings. The fraction of sp³-hybridized carbons (Fsp3) is 0.667. The Hall–Kier alpha value is -3.21. The lowest BCUT2D eigenvalue weighted by Gasteiger charge is -2.19. The van der Waals surface area contributed by atoms with Gasteiger partial charge in [-0.3, -0.25) is 4.79 Å². The molecule has 0 heterocycles. The molecule has 0 saturated heterocycles. The van der Waals surface area contributed by atoms with Gasteiger partial charge < -0.3 is 15.5 Å². The zero-order chi connectivity index (χ0) is 48.5. The maximum absolute atomic E-state index is 12.5. The molecular formula is C63H107NO3. The zero-order valence-corrected chi connectivity index (χ0v) is 43.9. The van der Waals surface area contributed by atoms with Crippen molar-refractivity contribution in [1.29, 1.82) is 0 Å². The Morgan fingerprint density at radius 2 is 0.672 bits per heavy atom. The van der Waals surface area contributed by atoms with Gasteiger partial charge in [0, 0.05) is 6.42 Å². The standard InChI is InChI=1S/C63H107NO3/c1-3-5-7-9-11-13-15-17-19-21-23-24-25-26-27-28-29-30-31-32-33-34-35-36-37-38-39-40-41-43-45-47-49-51-53-55-57-59-63(67)64-61(60-65)62(66)58-56-54-52-50-48-46-44-42-22-20-18-16-14-12-10-8-6-4-2/h5,7,11,13,17,19,22-24,26-27,29-30,32-33,42,48,50,56,58,61-62,65-66H,3-4,6,8-10,12,14-16,18,20-21,25,28,31,34-41,43-47,49,51-55,57,59-60H2,1-2H3,(H,64,67)/b7-5-,13-11-,19-17-,24-23-,27-26-,30-29-,33-32-,42-22+,50-48+,58-56+. The highest BCUT2D eigenvalue weighted by atomic mass is 16.3. The van der Waals surface area contributed by atoms with E-state index in [1.165, 1.54) is 148 Å². The number of aliphatic hydroxyl groups is 2. The second-order valence-electron chi connectivity index (χ2n) is 18.6. The molecule has 0 aliphatic rings. The third-order valence-electron chi connectivity index (χ3n) is 12.2. The van der Waals surface area contributed by atoms with Crippen molar-refractivity contribution in [3.05, 3.63) is 122 Å². The van der Waals surface area contributed by atoms with E-state index in [-0.39, 0.29) is 12.5 Å². The molecule has 0 saturated carbocycles. The van der Waals surface area contributed by atoms with E-state index in [0.29, 0.717) is 6.42 Å². The number of carbonyl (C=O) groups excluding carboxylic acids is 1. The molecular weight excluding hydrogens is 819 g/mol. The third-order valence-corrected chi connectivity index (χ3v) is 12.2. The summed E-state index contributed by atoms with van der Waals surface area (Å²) in [6.07, 6.45) is 87.8. The molecule has 1 amide bonds. The Morgan fingerprint density at radius 1 is 0.373 bits per heavy atom. The van der Waals surface area contributed by atoms with Gasteiger partial charge in [0.1, 0.15) is 0 Å². The van der Waals surface area contributed by atoms with Gasteiger partial charge in [-0.05, 0) is 103 Å². The lowest BCUT2D eigenvalue weighted by atomic mass is 10.0. The molecule has 2 atom stereocenters. The quantitative estimate of drug-likeness (QED) is 0.0421. The molecule has 4 heteroatoms. The maximum Gasteiger partial charge on any atom is 0.220 e. The lowest BCUT2D eigenvalue weighted by Crippen LogP contribution is -2.45. The summed E-state index contributed by atoms with van der Waals surface area (Å²) in [6.45, 7) is 4.17. The van der Waals surface area contributed by atoms with Crippen LogP contribution in [0.25, 0.3) is 0 Å². The number of amides is 1. The van der Waals surface area contributed by atoms with Crippen LogP contribution in [0.5, 0.6) is 0 Å². The van der Waals surface area contributed by atoms with Crippen LogP contribution in [0.4, 0.5) is 0 Å². The molecule has 3 N–H and O–H groups in total. The molecule has 2 unspecified atom stereocenters. The highest BCUT2D eigenvalue weighted by Gasteiger charge is 2.17. The molecule has 0 bridgehead atoms. The van der Waals surface area contributed by atoms with Crippen molar-refractivity contribution < 1.29 is 15.0 Å². The van der Waals surface area contributed by atoms with Crippen LogP contribution in [0.3, 0.4) is 0 Å². The van der Waals surface area contributed by atoms with Crippen LogP contribution in [0, 0.1) is 0 Å². The number of hydrogen-bond acceptors (Lipinski definition) is 3. The van der Waals surface area contributed by atoms with Gasteiger partial charge in [0.25, 0.3) is 0 Å². The summed E-state index contributed by atoms with van der Waals surface area (Å²) in [5, 5.41) is 23.1. The summed E-state index contributed by atoms with van der Waals surface area (Å²) < 4.78 is 0. The van der Waals surface area contributed by atoms with E-state index >= 15 is 0 Å². The minimum Gasteiger partial charge on any atom is -0.394 e. The summed E-state index contributed by atoms with van der Waals surface area (Å²) in [7, 11) is 0. The van der Waals surface area contributed by atoms with Crippen molar-refractivity contribution in [3.8, 4) is 0 Å². The number of aliphatic hydroxyl groups excluding tert-OH is 2. The lowest BCUT2D eigenvalue weighted by molar-refractivity contribution is -0.123. The SMILES string of the molecule is CC/C=C\C/C=C\C/C=C\C/C=C\C/C=C\C/C=C\C/C=C\CCCCCCCCCCCCCCCCCC(=O)NC(CO)C(O)/C=C/CC/C=C/CC/C=C/CCCCCCCCCC. The number of hydrogen-bond donors (Lipinski definition) is 3. The minimum atomic E-state index is -0.877. The molecule has 0 aromatic heterocycles. The summed E-state index contributed by atoms with van der Waals surface area (Å²) >= 11 is 0. The van der Waals surface area contributed by atoms with E-state index in [1.807, 2.05) is 6.08 Å². The van der Waals surface area contributed by atoms with Gasteiger partial charge in [-0.1, -0.05) is 264 Å². The summed E-state index contributed by atoms with van der Waals surface area (Å²) in [5.41, 5.74) is 0. The maximum atomic E-state index is 12.5. The Labute approximate surface area is 416 Å². The van der Waals surface area contributed by atoms with Crippen LogP contribution in [-0.4, -0.2) is 34.9 Å². The zero-order valence-electron chi connectivity index (χ0n) is 43.9. The van der Waals surface area contributed by atoms with Gasteiger partial charge in [-0.25, -0.2) is 0 Å². The normalized spacial score (nSPS) is 13.8. The van der Waals surface area contributed by atoms with Crippen molar-refractivity contribution in [1.82, 2.24) is 5.32 Å². The molecule has 0 rings (SSSR count). The third kappa shape index (κ3) is 53.6. The summed E-state index contributed by atoms with van der Waals surface area (Å²) in [4.78, 5) is 12.5. The van der Waals surface area contributed by atoms with Gasteiger partial charge in [-0.15, -0.1) is 0 Å². The van der Waals surface area contributed by atoms with Crippen molar-refractivity contribution in [2.45, 2.75) is 264 Å². The van der Waals surface area contributed by atoms with Crippen molar-refractivity contribution >= 4 is 5.91 Å². The molecule has 67 heavy (non-hydrogen) atoms. The van der Waals surface area contributed by atoms with Gasteiger partial charge in [0.15, 0.2) is 0 Å². The summed E-state index contributed by atoms with van der Waals surface area (Å²) in [5.74, 6) is -0.0816. The van der Waals surface area contributed by atoms with E-state index in [1.54, 1.807) is 6.08 Å². The number of rotatable bonds is 50. The van der Waals surface area contributed by atoms with E-state index in [9.17, 15) is 15.0 Å². The highest BCUT2D eigenvalue weighted by molar-refractivity contribution is 5.76. The molecule has 0 fully saturated rings. The Balaban J connectivity index is 3.57. The van der Waals surface area contributed by atoms with Crippen molar-refractivity contribution in [3.63, 3.8) is 0 Å². The molecule has 0 aliphatic carbocycles. The van der Waals surface area contributed by atoms with E-state index in [4.69, 9.17) is 0 Å². The first-order chi connectivity index (χ1) is 33.2.